The molecule has 0 heterocycles. The molecule has 2 aromatic rings. The Labute approximate surface area is 119 Å². The fourth-order valence-corrected chi connectivity index (χ4v) is 2.09. The number of benzene rings is 2. The van der Waals surface area contributed by atoms with Gasteiger partial charge in [0.2, 0.25) is 0 Å². The first-order chi connectivity index (χ1) is 8.82. The van der Waals surface area contributed by atoms with Crippen LogP contribution in [0.5, 0.6) is 0 Å². The zero-order chi connectivity index (χ0) is 14.5. The van der Waals surface area contributed by atoms with Crippen molar-refractivity contribution < 1.29 is 13.0 Å². The molecule has 0 aliphatic rings. The van der Waals surface area contributed by atoms with Crippen LogP contribution in [0, 0.1) is 13.8 Å². The Hall–Kier alpha value is -1.30. The van der Waals surface area contributed by atoms with Crippen molar-refractivity contribution in [2.24, 2.45) is 0 Å². The van der Waals surface area contributed by atoms with E-state index in [4.69, 9.17) is 4.55 Å². The van der Waals surface area contributed by atoms with E-state index in [1.165, 1.54) is 23.3 Å². The van der Waals surface area contributed by atoms with Gasteiger partial charge in [-0.1, -0.05) is 30.3 Å². The number of aryl methyl sites for hydroxylation is 1. The fraction of sp³-hybridized carbons (Fsp3) is 0.143. The average Bonchev–Trinajstić information content (AvgIpc) is 2.37. The first-order valence-electron chi connectivity index (χ1n) is 5.60. The second kappa shape index (κ2) is 6.75. The van der Waals surface area contributed by atoms with Crippen molar-refractivity contribution in [2.75, 3.05) is 0 Å². The van der Waals surface area contributed by atoms with Gasteiger partial charge >= 0.3 is 0 Å². The van der Waals surface area contributed by atoms with Crippen LogP contribution in [0.3, 0.4) is 0 Å². The second-order valence-electron chi connectivity index (χ2n) is 4.01. The molecular weight excluding hydrogens is 280 g/mol. The van der Waals surface area contributed by atoms with Gasteiger partial charge in [-0.15, -0.1) is 12.6 Å². The molecule has 0 spiro atoms. The zero-order valence-corrected chi connectivity index (χ0v) is 12.4. The van der Waals surface area contributed by atoms with E-state index < -0.39 is 10.1 Å². The number of hydrogen-bond donors (Lipinski definition) is 2. The van der Waals surface area contributed by atoms with Crippen LogP contribution in [0.2, 0.25) is 0 Å². The summed E-state index contributed by atoms with van der Waals surface area (Å²) in [6, 6.07) is 13.5. The number of hydrogen-bond acceptors (Lipinski definition) is 3. The van der Waals surface area contributed by atoms with E-state index in [2.05, 4.69) is 32.5 Å². The smallest absolute Gasteiger partial charge is 0.282 e. The zero-order valence-electron chi connectivity index (χ0n) is 10.7. The number of rotatable bonds is 1. The maximum Gasteiger partial charge on any atom is 0.294 e. The average molecular weight is 296 g/mol. The molecule has 0 atom stereocenters. The van der Waals surface area contributed by atoms with Crippen LogP contribution >= 0.6 is 12.6 Å². The van der Waals surface area contributed by atoms with E-state index in [0.29, 0.717) is 0 Å². The summed E-state index contributed by atoms with van der Waals surface area (Å²) >= 11 is 4.27. The fourth-order valence-electron chi connectivity index (χ4n) is 1.33. The molecule has 0 aromatic heterocycles. The van der Waals surface area contributed by atoms with Crippen molar-refractivity contribution in [1.82, 2.24) is 0 Å². The molecule has 0 saturated carbocycles. The molecule has 0 radical (unpaired) electrons. The predicted molar refractivity (Wildman–Crippen MR) is 79.4 cm³/mol. The quantitative estimate of drug-likeness (QED) is 0.625. The first-order valence-corrected chi connectivity index (χ1v) is 7.49. The highest BCUT2D eigenvalue weighted by Crippen LogP contribution is 2.15. The van der Waals surface area contributed by atoms with Gasteiger partial charge in [0.05, 0.1) is 4.90 Å². The second-order valence-corrected chi connectivity index (χ2v) is 5.91. The van der Waals surface area contributed by atoms with E-state index in [1.54, 1.807) is 18.2 Å². The van der Waals surface area contributed by atoms with E-state index in [-0.39, 0.29) is 4.90 Å². The highest BCUT2D eigenvalue weighted by molar-refractivity contribution is 7.85. The van der Waals surface area contributed by atoms with Gasteiger partial charge in [0, 0.05) is 4.90 Å². The Kier molecular flexibility index (Phi) is 5.60. The molecule has 102 valence electrons. The molecule has 1 N–H and O–H groups in total. The van der Waals surface area contributed by atoms with Crippen molar-refractivity contribution in [3.63, 3.8) is 0 Å². The molecule has 0 amide bonds. The van der Waals surface area contributed by atoms with Gasteiger partial charge in [-0.2, -0.15) is 8.42 Å². The monoisotopic (exact) mass is 296 g/mol. The van der Waals surface area contributed by atoms with Crippen LogP contribution in [0.15, 0.2) is 58.3 Å². The van der Waals surface area contributed by atoms with Gasteiger partial charge < -0.3 is 0 Å². The summed E-state index contributed by atoms with van der Waals surface area (Å²) in [7, 11) is -4.00. The summed E-state index contributed by atoms with van der Waals surface area (Å²) in [5.41, 5.74) is 2.59. The van der Waals surface area contributed by atoms with Crippen LogP contribution < -0.4 is 0 Å². The van der Waals surface area contributed by atoms with E-state index in [0.717, 1.165) is 4.90 Å². The van der Waals surface area contributed by atoms with E-state index >= 15 is 0 Å². The lowest BCUT2D eigenvalue weighted by molar-refractivity contribution is 0.483. The van der Waals surface area contributed by atoms with Gasteiger partial charge in [0.1, 0.15) is 0 Å². The molecule has 0 saturated heterocycles. The summed E-state index contributed by atoms with van der Waals surface area (Å²) in [6.45, 7) is 4.17. The minimum atomic E-state index is -4.00. The minimum Gasteiger partial charge on any atom is -0.282 e. The molecule has 2 rings (SSSR count). The van der Waals surface area contributed by atoms with Gasteiger partial charge in [-0.05, 0) is 43.2 Å². The highest BCUT2D eigenvalue weighted by atomic mass is 32.2. The molecular formula is C14H16O3S2. The third-order valence-corrected chi connectivity index (χ3v) is 3.97. The van der Waals surface area contributed by atoms with Crippen LogP contribution in [0.25, 0.3) is 0 Å². The Bertz CT molecular complexity index is 615. The Balaban J connectivity index is 0.000000191. The highest BCUT2D eigenvalue weighted by Gasteiger charge is 2.05. The summed E-state index contributed by atoms with van der Waals surface area (Å²) in [5, 5.41) is 0. The topological polar surface area (TPSA) is 54.4 Å². The third-order valence-electron chi connectivity index (χ3n) is 2.62. The maximum atomic E-state index is 10.4. The van der Waals surface area contributed by atoms with Crippen molar-refractivity contribution in [2.45, 2.75) is 23.6 Å². The lowest BCUT2D eigenvalue weighted by Crippen LogP contribution is -1.96. The normalized spacial score (nSPS) is 10.5. The maximum absolute atomic E-state index is 10.4. The van der Waals surface area contributed by atoms with Crippen LogP contribution in [0.1, 0.15) is 11.1 Å². The van der Waals surface area contributed by atoms with Gasteiger partial charge in [-0.25, -0.2) is 0 Å². The summed E-state index contributed by atoms with van der Waals surface area (Å²) in [5.74, 6) is 0. The molecule has 5 heteroatoms. The Morgan fingerprint density at radius 3 is 1.89 bits per heavy atom. The summed E-state index contributed by atoms with van der Waals surface area (Å²) in [6.07, 6.45) is 0. The lowest BCUT2D eigenvalue weighted by atomic mass is 10.1. The largest absolute Gasteiger partial charge is 0.294 e. The molecule has 2 aromatic carbocycles. The van der Waals surface area contributed by atoms with Gasteiger partial charge in [0.15, 0.2) is 0 Å². The van der Waals surface area contributed by atoms with Crippen molar-refractivity contribution in [1.29, 1.82) is 0 Å². The molecule has 0 aliphatic carbocycles. The first kappa shape index (κ1) is 15.8. The SMILES string of the molecule is Cc1cccc(S)c1C.O=S(=O)(O)c1ccccc1. The molecule has 0 unspecified atom stereocenters. The van der Waals surface area contributed by atoms with Gasteiger partial charge in [0.25, 0.3) is 10.1 Å². The van der Waals surface area contributed by atoms with Gasteiger partial charge in [-0.3, -0.25) is 4.55 Å². The van der Waals surface area contributed by atoms with E-state index in [1.807, 2.05) is 12.1 Å². The van der Waals surface area contributed by atoms with Crippen molar-refractivity contribution >= 4 is 22.7 Å². The van der Waals surface area contributed by atoms with Crippen LogP contribution in [-0.2, 0) is 10.1 Å². The van der Waals surface area contributed by atoms with Crippen LogP contribution in [-0.4, -0.2) is 13.0 Å². The van der Waals surface area contributed by atoms with Crippen molar-refractivity contribution in [3.05, 3.63) is 59.7 Å². The molecule has 0 bridgehead atoms. The van der Waals surface area contributed by atoms with Crippen molar-refractivity contribution in [3.8, 4) is 0 Å². The molecule has 19 heavy (non-hydrogen) atoms. The predicted octanol–water partition coefficient (Wildman–Crippen LogP) is 3.53. The molecule has 3 nitrogen and oxygen atoms in total. The summed E-state index contributed by atoms with van der Waals surface area (Å²) in [4.78, 5) is 1.00. The van der Waals surface area contributed by atoms with Crippen LogP contribution in [0.4, 0.5) is 0 Å². The number of thiol groups is 1. The molecule has 0 aliphatic heterocycles. The Morgan fingerprint density at radius 2 is 1.53 bits per heavy atom. The lowest BCUT2D eigenvalue weighted by Gasteiger charge is -2.00. The minimum absolute atomic E-state index is 0.0741. The van der Waals surface area contributed by atoms with E-state index in [9.17, 15) is 8.42 Å². The Morgan fingerprint density at radius 1 is 0.947 bits per heavy atom. The third kappa shape index (κ3) is 5.06. The molecule has 0 fully saturated rings. The summed E-state index contributed by atoms with van der Waals surface area (Å²) < 4.78 is 29.2. The standard InChI is InChI=1S/C8H10S.C6H6O3S/c1-6-4-3-5-8(9)7(6)2;7-10(8,9)6-4-2-1-3-5-6/h3-5,9H,1-2H3;1-5H,(H,7,8,9).